The summed E-state index contributed by atoms with van der Waals surface area (Å²) in [6.45, 7) is -0.477. The van der Waals surface area contributed by atoms with Crippen LogP contribution in [0.2, 0.25) is 0 Å². The number of amides is 1. The van der Waals surface area contributed by atoms with Crippen LogP contribution in [-0.2, 0) is 11.3 Å². The van der Waals surface area contributed by atoms with Gasteiger partial charge in [-0.25, -0.2) is 18.1 Å². The van der Waals surface area contributed by atoms with Crippen molar-refractivity contribution in [1.29, 1.82) is 0 Å². The van der Waals surface area contributed by atoms with E-state index in [1.165, 1.54) is 0 Å². The molecule has 146 valence electrons. The minimum atomic E-state index is -0.804. The molecule has 0 bridgehead atoms. The minimum absolute atomic E-state index is 0.298. The van der Waals surface area contributed by atoms with E-state index in [0.29, 0.717) is 15.9 Å². The minimum Gasteiger partial charge on any atom is -0.322 e. The van der Waals surface area contributed by atoms with Gasteiger partial charge in [0.1, 0.15) is 22.9 Å². The second-order valence-corrected chi connectivity index (χ2v) is 7.07. The summed E-state index contributed by atoms with van der Waals surface area (Å²) in [4.78, 5) is 38.3. The highest BCUT2D eigenvalue weighted by atomic mass is 32.1. The van der Waals surface area contributed by atoms with Crippen molar-refractivity contribution < 1.29 is 13.6 Å². The van der Waals surface area contributed by atoms with E-state index in [0.717, 1.165) is 38.7 Å². The number of nitrogens with zero attached hydrogens (tertiary/aromatic N) is 2. The lowest BCUT2D eigenvalue weighted by Gasteiger charge is -2.12. The first kappa shape index (κ1) is 18.8. The normalized spacial score (nSPS) is 11.0. The van der Waals surface area contributed by atoms with Crippen molar-refractivity contribution in [2.75, 3.05) is 5.32 Å². The van der Waals surface area contributed by atoms with E-state index in [1.807, 2.05) is 0 Å². The number of halogens is 2. The van der Waals surface area contributed by atoms with Gasteiger partial charge in [-0.05, 0) is 35.7 Å². The van der Waals surface area contributed by atoms with Crippen LogP contribution in [0.15, 0.2) is 69.6 Å². The lowest BCUT2D eigenvalue weighted by Crippen LogP contribution is -2.40. The number of anilines is 1. The Morgan fingerprint density at radius 1 is 1.03 bits per heavy atom. The third-order valence-electron chi connectivity index (χ3n) is 4.27. The molecule has 0 spiro atoms. The van der Waals surface area contributed by atoms with Crippen LogP contribution < -0.4 is 16.6 Å². The van der Waals surface area contributed by atoms with E-state index in [4.69, 9.17) is 0 Å². The van der Waals surface area contributed by atoms with Crippen LogP contribution >= 0.6 is 11.3 Å². The molecule has 0 fully saturated rings. The van der Waals surface area contributed by atoms with Crippen molar-refractivity contribution in [3.05, 3.63) is 92.4 Å². The van der Waals surface area contributed by atoms with E-state index in [2.05, 4.69) is 5.32 Å². The average Bonchev–Trinajstić information content (AvgIpc) is 3.19. The maximum atomic E-state index is 13.8. The molecule has 0 saturated heterocycles. The summed E-state index contributed by atoms with van der Waals surface area (Å²) in [5, 5.41) is 3.90. The molecule has 6 nitrogen and oxygen atoms in total. The fraction of sp³-hybridized carbons (Fsp3) is 0.0500. The molecule has 0 radical (unpaired) electrons. The van der Waals surface area contributed by atoms with Crippen LogP contribution in [0.1, 0.15) is 0 Å². The molecule has 1 amide bonds. The predicted octanol–water partition coefficient (Wildman–Crippen LogP) is 3.13. The molecule has 2 heterocycles. The summed E-state index contributed by atoms with van der Waals surface area (Å²) in [6.07, 6.45) is 0. The predicted molar refractivity (Wildman–Crippen MR) is 107 cm³/mol. The number of rotatable bonds is 4. The molecule has 4 aromatic rings. The summed E-state index contributed by atoms with van der Waals surface area (Å²) >= 11 is 1.15. The van der Waals surface area contributed by atoms with Crippen molar-refractivity contribution in [3.8, 4) is 5.69 Å². The van der Waals surface area contributed by atoms with Gasteiger partial charge in [-0.2, -0.15) is 0 Å². The number of carbonyl (C=O) groups is 1. The van der Waals surface area contributed by atoms with Gasteiger partial charge in [-0.1, -0.05) is 18.2 Å². The Morgan fingerprint density at radius 3 is 2.55 bits per heavy atom. The Bertz CT molecular complexity index is 1340. The summed E-state index contributed by atoms with van der Waals surface area (Å²) in [5.41, 5.74) is -0.864. The Morgan fingerprint density at radius 2 is 1.79 bits per heavy atom. The zero-order valence-corrected chi connectivity index (χ0v) is 15.6. The fourth-order valence-corrected chi connectivity index (χ4v) is 3.80. The second-order valence-electron chi connectivity index (χ2n) is 6.15. The summed E-state index contributed by atoms with van der Waals surface area (Å²) in [5.74, 6) is -2.25. The monoisotopic (exact) mass is 413 g/mol. The van der Waals surface area contributed by atoms with E-state index >= 15 is 0 Å². The molecule has 0 unspecified atom stereocenters. The van der Waals surface area contributed by atoms with E-state index in [9.17, 15) is 23.2 Å². The van der Waals surface area contributed by atoms with E-state index in [1.54, 1.807) is 41.8 Å². The number of fused-ring (bicyclic) bond motifs is 1. The molecule has 4 rings (SSSR count). The van der Waals surface area contributed by atoms with Crippen molar-refractivity contribution in [2.24, 2.45) is 0 Å². The lowest BCUT2D eigenvalue weighted by molar-refractivity contribution is -0.116. The number of thiophene rings is 1. The van der Waals surface area contributed by atoms with Crippen LogP contribution in [0.5, 0.6) is 0 Å². The summed E-state index contributed by atoms with van der Waals surface area (Å²) in [7, 11) is 0. The van der Waals surface area contributed by atoms with Crippen LogP contribution in [0.25, 0.3) is 15.9 Å². The van der Waals surface area contributed by atoms with Crippen LogP contribution in [0.3, 0.4) is 0 Å². The SMILES string of the molecule is O=C(Cn1c(=O)n(-c2ccccc2)c(=O)c2sccc21)Nc1cc(F)ccc1F. The molecule has 1 N–H and O–H groups in total. The number of hydrogen-bond acceptors (Lipinski definition) is 4. The molecular formula is C20H13F2N3O3S. The molecule has 2 aromatic carbocycles. The van der Waals surface area contributed by atoms with Crippen LogP contribution in [0.4, 0.5) is 14.5 Å². The van der Waals surface area contributed by atoms with Crippen molar-refractivity contribution >= 4 is 33.1 Å². The first-order valence-electron chi connectivity index (χ1n) is 8.49. The third kappa shape index (κ3) is 3.47. The number of carbonyl (C=O) groups excluding carboxylic acids is 1. The molecule has 9 heteroatoms. The quantitative estimate of drug-likeness (QED) is 0.559. The van der Waals surface area contributed by atoms with Gasteiger partial charge in [0.15, 0.2) is 0 Å². The highest BCUT2D eigenvalue weighted by Gasteiger charge is 2.18. The number of benzene rings is 2. The van der Waals surface area contributed by atoms with Crippen molar-refractivity contribution in [2.45, 2.75) is 6.54 Å². The Hall–Kier alpha value is -3.59. The van der Waals surface area contributed by atoms with Crippen molar-refractivity contribution in [3.63, 3.8) is 0 Å². The number of hydrogen-bond donors (Lipinski definition) is 1. The van der Waals surface area contributed by atoms with E-state index < -0.39 is 35.3 Å². The molecular weight excluding hydrogens is 400 g/mol. The first-order chi connectivity index (χ1) is 14.0. The summed E-state index contributed by atoms with van der Waals surface area (Å²) in [6, 6.07) is 12.6. The highest BCUT2D eigenvalue weighted by Crippen LogP contribution is 2.18. The van der Waals surface area contributed by atoms with Gasteiger partial charge in [0.25, 0.3) is 5.56 Å². The molecule has 2 aromatic heterocycles. The van der Waals surface area contributed by atoms with Gasteiger partial charge in [0.05, 0.1) is 16.9 Å². The van der Waals surface area contributed by atoms with E-state index in [-0.39, 0.29) is 5.69 Å². The average molecular weight is 413 g/mol. The highest BCUT2D eigenvalue weighted by molar-refractivity contribution is 7.17. The number of nitrogens with one attached hydrogen (secondary N) is 1. The van der Waals surface area contributed by atoms with Gasteiger partial charge in [-0.15, -0.1) is 11.3 Å². The summed E-state index contributed by atoms with van der Waals surface area (Å²) < 4.78 is 29.5. The first-order valence-corrected chi connectivity index (χ1v) is 9.37. The number of aromatic nitrogens is 2. The van der Waals surface area contributed by atoms with Gasteiger partial charge >= 0.3 is 5.69 Å². The lowest BCUT2D eigenvalue weighted by atomic mass is 10.3. The van der Waals surface area contributed by atoms with Gasteiger partial charge in [0, 0.05) is 6.07 Å². The zero-order valence-electron chi connectivity index (χ0n) is 14.8. The maximum Gasteiger partial charge on any atom is 0.336 e. The standard InChI is InChI=1S/C20H13F2N3O3S/c21-12-6-7-14(22)15(10-12)23-17(26)11-24-16-8-9-29-18(16)19(27)25(20(24)28)13-4-2-1-3-5-13/h1-10H,11H2,(H,23,26). The largest absolute Gasteiger partial charge is 0.336 e. The third-order valence-corrected chi connectivity index (χ3v) is 5.16. The molecule has 0 aliphatic heterocycles. The van der Waals surface area contributed by atoms with Crippen LogP contribution in [-0.4, -0.2) is 15.0 Å². The van der Waals surface area contributed by atoms with Gasteiger partial charge in [-0.3, -0.25) is 14.2 Å². The molecule has 0 aliphatic carbocycles. The topological polar surface area (TPSA) is 73.1 Å². The van der Waals surface area contributed by atoms with Gasteiger partial charge < -0.3 is 5.32 Å². The molecule has 29 heavy (non-hydrogen) atoms. The van der Waals surface area contributed by atoms with Crippen molar-refractivity contribution in [1.82, 2.24) is 9.13 Å². The molecule has 0 aliphatic rings. The Balaban J connectivity index is 1.79. The molecule has 0 saturated carbocycles. The maximum absolute atomic E-state index is 13.8. The smallest absolute Gasteiger partial charge is 0.322 e. The zero-order chi connectivity index (χ0) is 20.5. The fourth-order valence-electron chi connectivity index (χ4n) is 2.97. The second kappa shape index (κ2) is 7.44. The Labute approximate surface area is 166 Å². The number of para-hydroxylation sites is 1. The van der Waals surface area contributed by atoms with Gasteiger partial charge in [0.2, 0.25) is 5.91 Å². The Kier molecular flexibility index (Phi) is 4.81. The molecule has 0 atom stereocenters. The van der Waals surface area contributed by atoms with Crippen LogP contribution in [0, 0.1) is 11.6 Å².